The van der Waals surface area contributed by atoms with Gasteiger partial charge in [-0.05, 0) is 48.2 Å². The number of rotatable bonds is 4. The fourth-order valence-electron chi connectivity index (χ4n) is 3.52. The maximum atomic E-state index is 12.6. The van der Waals surface area contributed by atoms with Gasteiger partial charge >= 0.3 is 5.97 Å². The average molecular weight is 361 g/mol. The Labute approximate surface area is 152 Å². The van der Waals surface area contributed by atoms with Gasteiger partial charge in [-0.3, -0.25) is 9.69 Å². The molecule has 0 aliphatic carbocycles. The molecule has 1 aromatic heterocycles. The van der Waals surface area contributed by atoms with Crippen molar-refractivity contribution in [3.63, 3.8) is 0 Å². The molecule has 0 saturated carbocycles. The molecule has 6 heteroatoms. The molecule has 1 aromatic carbocycles. The summed E-state index contributed by atoms with van der Waals surface area (Å²) in [6.07, 6.45) is 0.835. The van der Waals surface area contributed by atoms with E-state index in [1.165, 1.54) is 12.7 Å². The van der Waals surface area contributed by atoms with Crippen LogP contribution in [0.25, 0.3) is 0 Å². The van der Waals surface area contributed by atoms with Crippen LogP contribution in [0.1, 0.15) is 21.9 Å². The SMILES string of the molecule is COC(=O)C1C(c2cccs2)c2cc(OC)c(OC)cc2CCN1C. The first kappa shape index (κ1) is 17.8. The summed E-state index contributed by atoms with van der Waals surface area (Å²) in [5.74, 6) is 1.07. The molecule has 0 spiro atoms. The van der Waals surface area contributed by atoms with Gasteiger partial charge < -0.3 is 14.2 Å². The number of esters is 1. The molecular weight excluding hydrogens is 338 g/mol. The Kier molecular flexibility index (Phi) is 5.30. The molecular formula is C19H23NO4S. The fraction of sp³-hybridized carbons (Fsp3) is 0.421. The van der Waals surface area contributed by atoms with E-state index >= 15 is 0 Å². The van der Waals surface area contributed by atoms with E-state index in [4.69, 9.17) is 14.2 Å². The van der Waals surface area contributed by atoms with Gasteiger partial charge in [0.25, 0.3) is 0 Å². The third-order valence-electron chi connectivity index (χ3n) is 4.80. The summed E-state index contributed by atoms with van der Waals surface area (Å²) in [5, 5.41) is 2.04. The third kappa shape index (κ3) is 3.24. The monoisotopic (exact) mass is 361 g/mol. The quantitative estimate of drug-likeness (QED) is 0.784. The summed E-state index contributed by atoms with van der Waals surface area (Å²) in [6, 6.07) is 7.75. The molecule has 0 fully saturated rings. The zero-order valence-corrected chi connectivity index (χ0v) is 15.8. The zero-order valence-electron chi connectivity index (χ0n) is 14.9. The number of fused-ring (bicyclic) bond motifs is 1. The molecule has 0 N–H and O–H groups in total. The Hall–Kier alpha value is -2.05. The number of hydrogen-bond acceptors (Lipinski definition) is 6. The predicted octanol–water partition coefficient (Wildman–Crippen LogP) is 2.93. The summed E-state index contributed by atoms with van der Waals surface area (Å²) < 4.78 is 16.1. The number of ether oxygens (including phenoxy) is 3. The van der Waals surface area contributed by atoms with Gasteiger partial charge in [-0.1, -0.05) is 6.07 Å². The minimum absolute atomic E-state index is 0.102. The molecule has 0 amide bonds. The van der Waals surface area contributed by atoms with Gasteiger partial charge in [0.2, 0.25) is 0 Å². The first-order valence-electron chi connectivity index (χ1n) is 8.17. The summed E-state index contributed by atoms with van der Waals surface area (Å²) in [4.78, 5) is 15.8. The van der Waals surface area contributed by atoms with Crippen molar-refractivity contribution in [1.29, 1.82) is 0 Å². The topological polar surface area (TPSA) is 48.0 Å². The molecule has 1 aliphatic rings. The second-order valence-electron chi connectivity index (χ2n) is 6.10. The van der Waals surface area contributed by atoms with E-state index in [0.29, 0.717) is 11.5 Å². The normalized spacial score (nSPS) is 20.5. The lowest BCUT2D eigenvalue weighted by atomic mass is 9.86. The summed E-state index contributed by atoms with van der Waals surface area (Å²) >= 11 is 1.65. The van der Waals surface area contributed by atoms with Crippen LogP contribution in [-0.4, -0.2) is 51.8 Å². The van der Waals surface area contributed by atoms with Gasteiger partial charge in [-0.15, -0.1) is 11.3 Å². The largest absolute Gasteiger partial charge is 0.493 e. The maximum absolute atomic E-state index is 12.6. The molecule has 134 valence electrons. The third-order valence-corrected chi connectivity index (χ3v) is 5.75. The first-order chi connectivity index (χ1) is 12.1. The van der Waals surface area contributed by atoms with Crippen LogP contribution in [0.3, 0.4) is 0 Å². The van der Waals surface area contributed by atoms with Gasteiger partial charge in [0.15, 0.2) is 11.5 Å². The molecule has 0 radical (unpaired) electrons. The number of hydrogen-bond donors (Lipinski definition) is 0. The van der Waals surface area contributed by atoms with Crippen molar-refractivity contribution in [3.05, 3.63) is 45.6 Å². The summed E-state index contributed by atoms with van der Waals surface area (Å²) in [5.41, 5.74) is 2.27. The number of thiophene rings is 1. The predicted molar refractivity (Wildman–Crippen MR) is 97.8 cm³/mol. The molecule has 2 atom stereocenters. The van der Waals surface area contributed by atoms with E-state index in [9.17, 15) is 4.79 Å². The molecule has 3 rings (SSSR count). The van der Waals surface area contributed by atoms with Crippen LogP contribution in [0.5, 0.6) is 11.5 Å². The van der Waals surface area contributed by atoms with E-state index in [1.54, 1.807) is 25.6 Å². The van der Waals surface area contributed by atoms with E-state index in [1.807, 2.05) is 30.6 Å². The summed E-state index contributed by atoms with van der Waals surface area (Å²) in [7, 11) is 6.69. The Morgan fingerprint density at radius 1 is 1.20 bits per heavy atom. The zero-order chi connectivity index (χ0) is 18.0. The molecule has 1 aliphatic heterocycles. The molecule has 0 saturated heterocycles. The van der Waals surface area contributed by atoms with Crippen molar-refractivity contribution in [3.8, 4) is 11.5 Å². The average Bonchev–Trinajstić information content (AvgIpc) is 3.12. The lowest BCUT2D eigenvalue weighted by molar-refractivity contribution is -0.146. The number of methoxy groups -OCH3 is 3. The fourth-order valence-corrected chi connectivity index (χ4v) is 4.39. The Bertz CT molecular complexity index is 744. The standard InChI is InChI=1S/C19H23NO4S/c1-20-8-7-12-10-14(22-2)15(23-3)11-13(12)17(16-6-5-9-25-16)18(20)19(21)24-4/h5-6,9-11,17-18H,7-8H2,1-4H3. The number of benzene rings is 1. The van der Waals surface area contributed by atoms with Gasteiger partial charge in [0.05, 0.1) is 21.3 Å². The van der Waals surface area contributed by atoms with Gasteiger partial charge in [0, 0.05) is 17.3 Å². The maximum Gasteiger partial charge on any atom is 0.324 e. The Morgan fingerprint density at radius 2 is 1.92 bits per heavy atom. The van der Waals surface area contributed by atoms with Gasteiger partial charge in [-0.25, -0.2) is 0 Å². The van der Waals surface area contributed by atoms with Gasteiger partial charge in [-0.2, -0.15) is 0 Å². The van der Waals surface area contributed by atoms with Crippen molar-refractivity contribution in [2.75, 3.05) is 34.9 Å². The highest BCUT2D eigenvalue weighted by Crippen LogP contribution is 2.42. The van der Waals surface area contributed by atoms with E-state index in [0.717, 1.165) is 23.4 Å². The molecule has 0 bridgehead atoms. The van der Waals surface area contributed by atoms with E-state index in [2.05, 4.69) is 11.0 Å². The molecule has 2 aromatic rings. The van der Waals surface area contributed by atoms with Crippen molar-refractivity contribution < 1.29 is 19.0 Å². The van der Waals surface area contributed by atoms with Crippen LogP contribution in [0.4, 0.5) is 0 Å². The van der Waals surface area contributed by atoms with Crippen LogP contribution in [0.15, 0.2) is 29.6 Å². The van der Waals surface area contributed by atoms with Crippen LogP contribution >= 0.6 is 11.3 Å². The minimum Gasteiger partial charge on any atom is -0.493 e. The van der Waals surface area contributed by atoms with Crippen LogP contribution in [0, 0.1) is 0 Å². The number of carbonyl (C=O) groups excluding carboxylic acids is 1. The lowest BCUT2D eigenvalue weighted by Gasteiger charge is -2.30. The van der Waals surface area contributed by atoms with E-state index in [-0.39, 0.29) is 17.9 Å². The smallest absolute Gasteiger partial charge is 0.324 e. The highest BCUT2D eigenvalue weighted by atomic mass is 32.1. The summed E-state index contributed by atoms with van der Waals surface area (Å²) in [6.45, 7) is 0.768. The highest BCUT2D eigenvalue weighted by molar-refractivity contribution is 7.10. The van der Waals surface area contributed by atoms with Crippen LogP contribution in [-0.2, 0) is 16.0 Å². The molecule has 25 heavy (non-hydrogen) atoms. The van der Waals surface area contributed by atoms with Gasteiger partial charge in [0.1, 0.15) is 6.04 Å². The molecule has 5 nitrogen and oxygen atoms in total. The second-order valence-corrected chi connectivity index (χ2v) is 7.08. The van der Waals surface area contributed by atoms with Crippen molar-refractivity contribution in [2.45, 2.75) is 18.4 Å². The minimum atomic E-state index is -0.372. The second kappa shape index (κ2) is 7.45. The van der Waals surface area contributed by atoms with E-state index < -0.39 is 0 Å². The molecule has 2 unspecified atom stereocenters. The van der Waals surface area contributed by atoms with Crippen LogP contribution in [0.2, 0.25) is 0 Å². The Balaban J connectivity index is 2.21. The van der Waals surface area contributed by atoms with Crippen LogP contribution < -0.4 is 9.47 Å². The lowest BCUT2D eigenvalue weighted by Crippen LogP contribution is -2.43. The number of carbonyl (C=O) groups is 1. The van der Waals surface area contributed by atoms with Crippen molar-refractivity contribution in [1.82, 2.24) is 4.90 Å². The van der Waals surface area contributed by atoms with Crippen molar-refractivity contribution in [2.24, 2.45) is 0 Å². The van der Waals surface area contributed by atoms with Crippen molar-refractivity contribution >= 4 is 17.3 Å². The number of likely N-dealkylation sites (N-methyl/N-ethyl adjacent to an activating group) is 1. The first-order valence-corrected chi connectivity index (χ1v) is 9.05. The molecule has 2 heterocycles. The Morgan fingerprint density at radius 3 is 2.52 bits per heavy atom. The number of nitrogens with zero attached hydrogens (tertiary/aromatic N) is 1. The highest BCUT2D eigenvalue weighted by Gasteiger charge is 2.39.